The maximum absolute atomic E-state index is 4.28. The molecule has 1 aliphatic carbocycles. The van der Waals surface area contributed by atoms with Crippen molar-refractivity contribution in [2.75, 3.05) is 0 Å². The van der Waals surface area contributed by atoms with Crippen molar-refractivity contribution in [2.45, 2.75) is 52.6 Å². The fourth-order valence-corrected chi connectivity index (χ4v) is 3.10. The smallest absolute Gasteiger partial charge is 0.115 e. The van der Waals surface area contributed by atoms with Gasteiger partial charge < -0.3 is 5.32 Å². The van der Waals surface area contributed by atoms with Crippen molar-refractivity contribution >= 4 is 0 Å². The average molecular weight is 247 g/mol. The molecule has 0 spiro atoms. The first-order chi connectivity index (χ1) is 8.66. The third-order valence-corrected chi connectivity index (χ3v) is 4.21. The topological polar surface area (TPSA) is 37.8 Å². The summed E-state index contributed by atoms with van der Waals surface area (Å²) in [5.41, 5.74) is 1.09. The minimum absolute atomic E-state index is 0.642. The molecule has 2 rings (SSSR count). The molecule has 3 atom stereocenters. The molecule has 3 heteroatoms. The zero-order chi connectivity index (χ0) is 13.0. The van der Waals surface area contributed by atoms with Crippen LogP contribution in [0.5, 0.6) is 0 Å². The number of aromatic nitrogens is 2. The molecule has 18 heavy (non-hydrogen) atoms. The zero-order valence-electron chi connectivity index (χ0n) is 11.8. The van der Waals surface area contributed by atoms with Crippen molar-refractivity contribution < 1.29 is 0 Å². The Hall–Kier alpha value is -0.960. The van der Waals surface area contributed by atoms with E-state index in [4.69, 9.17) is 0 Å². The summed E-state index contributed by atoms with van der Waals surface area (Å²) in [5.74, 6) is 2.42. The summed E-state index contributed by atoms with van der Waals surface area (Å²) >= 11 is 0. The Morgan fingerprint density at radius 3 is 2.89 bits per heavy atom. The lowest BCUT2D eigenvalue weighted by Gasteiger charge is -2.38. The second-order valence-corrected chi connectivity index (χ2v) is 6.01. The van der Waals surface area contributed by atoms with Crippen LogP contribution < -0.4 is 5.32 Å². The summed E-state index contributed by atoms with van der Waals surface area (Å²) in [5, 5.41) is 3.71. The van der Waals surface area contributed by atoms with Crippen molar-refractivity contribution in [3.63, 3.8) is 0 Å². The molecule has 1 aliphatic rings. The van der Waals surface area contributed by atoms with Crippen LogP contribution in [0.2, 0.25) is 0 Å². The lowest BCUT2D eigenvalue weighted by atomic mass is 9.74. The van der Waals surface area contributed by atoms with Gasteiger partial charge in [-0.25, -0.2) is 9.97 Å². The van der Waals surface area contributed by atoms with Gasteiger partial charge >= 0.3 is 0 Å². The summed E-state index contributed by atoms with van der Waals surface area (Å²) in [6.45, 7) is 7.93. The minimum Gasteiger partial charge on any atom is -0.308 e. The van der Waals surface area contributed by atoms with Gasteiger partial charge in [-0.15, -0.1) is 0 Å². The van der Waals surface area contributed by atoms with E-state index in [9.17, 15) is 0 Å². The van der Waals surface area contributed by atoms with Gasteiger partial charge in [0, 0.05) is 18.8 Å². The molecule has 1 fully saturated rings. The number of nitrogens with zero attached hydrogens (tertiary/aromatic N) is 2. The maximum atomic E-state index is 4.28. The molecular weight excluding hydrogens is 222 g/mol. The van der Waals surface area contributed by atoms with Crippen molar-refractivity contribution in [3.05, 3.63) is 24.3 Å². The van der Waals surface area contributed by atoms with Crippen molar-refractivity contribution in [1.82, 2.24) is 15.3 Å². The van der Waals surface area contributed by atoms with E-state index in [0.717, 1.165) is 30.0 Å². The van der Waals surface area contributed by atoms with E-state index in [2.05, 4.69) is 36.1 Å². The Bertz CT molecular complexity index is 350. The summed E-state index contributed by atoms with van der Waals surface area (Å²) < 4.78 is 0. The highest BCUT2D eigenvalue weighted by Gasteiger charge is 2.30. The molecule has 100 valence electrons. The summed E-state index contributed by atoms with van der Waals surface area (Å²) in [4.78, 5) is 8.23. The summed E-state index contributed by atoms with van der Waals surface area (Å²) in [6.07, 6.45) is 7.48. The van der Waals surface area contributed by atoms with E-state index in [1.54, 1.807) is 6.33 Å². The van der Waals surface area contributed by atoms with Crippen molar-refractivity contribution in [3.8, 4) is 0 Å². The zero-order valence-corrected chi connectivity index (χ0v) is 11.8. The van der Waals surface area contributed by atoms with E-state index in [1.165, 1.54) is 19.3 Å². The molecule has 1 aromatic heterocycles. The van der Waals surface area contributed by atoms with Gasteiger partial charge in [0.15, 0.2) is 0 Å². The van der Waals surface area contributed by atoms with Crippen LogP contribution >= 0.6 is 0 Å². The van der Waals surface area contributed by atoms with Crippen LogP contribution in [0.15, 0.2) is 18.6 Å². The first-order valence-electron chi connectivity index (χ1n) is 7.15. The van der Waals surface area contributed by atoms with Crippen LogP contribution in [0, 0.1) is 17.8 Å². The molecule has 0 radical (unpaired) electrons. The predicted octanol–water partition coefficient (Wildman–Crippen LogP) is 3.03. The standard InChI is InChI=1S/C15H25N3/c1-11(2)14-5-4-12(3)8-15(14)17-9-13-6-7-16-10-18-13/h6-7,10-12,14-15,17H,4-5,8-9H2,1-3H3. The van der Waals surface area contributed by atoms with Crippen LogP contribution in [0.1, 0.15) is 45.7 Å². The van der Waals surface area contributed by atoms with Crippen LogP contribution in [0.4, 0.5) is 0 Å². The SMILES string of the molecule is CC1CCC(C(C)C)C(NCc2ccncn2)C1. The Morgan fingerprint density at radius 1 is 1.39 bits per heavy atom. The molecule has 3 unspecified atom stereocenters. The Labute approximate surface area is 110 Å². The largest absolute Gasteiger partial charge is 0.308 e. The van der Waals surface area contributed by atoms with Gasteiger partial charge in [0.1, 0.15) is 6.33 Å². The Balaban J connectivity index is 1.92. The molecule has 3 nitrogen and oxygen atoms in total. The monoisotopic (exact) mass is 247 g/mol. The van der Waals surface area contributed by atoms with Crippen LogP contribution in [-0.4, -0.2) is 16.0 Å². The van der Waals surface area contributed by atoms with Gasteiger partial charge in [-0.3, -0.25) is 0 Å². The lowest BCUT2D eigenvalue weighted by molar-refractivity contribution is 0.169. The van der Waals surface area contributed by atoms with Gasteiger partial charge in [0.05, 0.1) is 5.69 Å². The molecule has 0 aliphatic heterocycles. The minimum atomic E-state index is 0.642. The second-order valence-electron chi connectivity index (χ2n) is 6.01. The van der Waals surface area contributed by atoms with Crippen LogP contribution in [0.3, 0.4) is 0 Å². The Kier molecular flexibility index (Phi) is 4.70. The molecule has 0 aromatic carbocycles. The number of hydrogen-bond acceptors (Lipinski definition) is 3. The molecule has 1 N–H and O–H groups in total. The van der Waals surface area contributed by atoms with E-state index in [1.807, 2.05) is 12.3 Å². The third kappa shape index (κ3) is 3.52. The molecule has 1 saturated carbocycles. The second kappa shape index (κ2) is 6.28. The first-order valence-corrected chi connectivity index (χ1v) is 7.15. The molecule has 0 bridgehead atoms. The number of hydrogen-bond donors (Lipinski definition) is 1. The molecular formula is C15H25N3. The molecule has 1 heterocycles. The van der Waals surface area contributed by atoms with Crippen LogP contribution in [0.25, 0.3) is 0 Å². The molecule has 1 aromatic rings. The van der Waals surface area contributed by atoms with E-state index >= 15 is 0 Å². The maximum Gasteiger partial charge on any atom is 0.115 e. The van der Waals surface area contributed by atoms with Gasteiger partial charge in [-0.2, -0.15) is 0 Å². The normalized spacial score (nSPS) is 28.6. The highest BCUT2D eigenvalue weighted by Crippen LogP contribution is 2.33. The first kappa shape index (κ1) is 13.5. The van der Waals surface area contributed by atoms with E-state index < -0.39 is 0 Å². The summed E-state index contributed by atoms with van der Waals surface area (Å²) in [6, 6.07) is 2.63. The quantitative estimate of drug-likeness (QED) is 0.888. The van der Waals surface area contributed by atoms with Gasteiger partial charge in [-0.05, 0) is 36.7 Å². The number of nitrogens with one attached hydrogen (secondary N) is 1. The summed E-state index contributed by atoms with van der Waals surface area (Å²) in [7, 11) is 0. The fraction of sp³-hybridized carbons (Fsp3) is 0.733. The molecule has 0 amide bonds. The third-order valence-electron chi connectivity index (χ3n) is 4.21. The highest BCUT2D eigenvalue weighted by molar-refractivity contribution is 4.98. The van der Waals surface area contributed by atoms with Crippen molar-refractivity contribution in [1.29, 1.82) is 0 Å². The van der Waals surface area contributed by atoms with E-state index in [-0.39, 0.29) is 0 Å². The number of rotatable bonds is 4. The predicted molar refractivity (Wildman–Crippen MR) is 74.0 cm³/mol. The average Bonchev–Trinajstić information content (AvgIpc) is 2.37. The van der Waals surface area contributed by atoms with Gasteiger partial charge in [0.25, 0.3) is 0 Å². The van der Waals surface area contributed by atoms with E-state index in [0.29, 0.717) is 6.04 Å². The highest BCUT2D eigenvalue weighted by atomic mass is 15.0. The van der Waals surface area contributed by atoms with Gasteiger partial charge in [0.2, 0.25) is 0 Å². The Morgan fingerprint density at radius 2 is 2.22 bits per heavy atom. The van der Waals surface area contributed by atoms with Crippen molar-refractivity contribution in [2.24, 2.45) is 17.8 Å². The fourth-order valence-electron chi connectivity index (χ4n) is 3.10. The molecule has 0 saturated heterocycles. The lowest BCUT2D eigenvalue weighted by Crippen LogP contribution is -2.42. The van der Waals surface area contributed by atoms with Gasteiger partial charge in [-0.1, -0.05) is 27.2 Å². The van der Waals surface area contributed by atoms with Crippen LogP contribution in [-0.2, 0) is 6.54 Å².